The third kappa shape index (κ3) is 3.67. The van der Waals surface area contributed by atoms with Crippen molar-refractivity contribution in [3.05, 3.63) is 66.0 Å². The van der Waals surface area contributed by atoms with Crippen molar-refractivity contribution in [2.75, 3.05) is 12.3 Å². The molecule has 2 aromatic carbocycles. The maximum absolute atomic E-state index is 12.5. The molecule has 0 aliphatic carbocycles. The summed E-state index contributed by atoms with van der Waals surface area (Å²) in [7, 11) is 0. The number of nitrogens with two attached hydrogens (primary N) is 1. The molecule has 1 aromatic heterocycles. The predicted octanol–water partition coefficient (Wildman–Crippen LogP) is 5.09. The number of nitrogens with zero attached hydrogens (tertiary/aromatic N) is 1. The van der Waals surface area contributed by atoms with E-state index in [9.17, 15) is 4.79 Å². The Kier molecular flexibility index (Phi) is 4.95. The fourth-order valence-corrected chi connectivity index (χ4v) is 4.44. The molecule has 0 radical (unpaired) electrons. The van der Waals surface area contributed by atoms with Gasteiger partial charge in [-0.3, -0.25) is 4.79 Å². The quantitative estimate of drug-likeness (QED) is 0.489. The fraction of sp³-hybridized carbons (Fsp3) is 0.320. The van der Waals surface area contributed by atoms with Gasteiger partial charge in [-0.05, 0) is 42.0 Å². The second-order valence-corrected chi connectivity index (χ2v) is 8.54. The van der Waals surface area contributed by atoms with E-state index in [2.05, 4.69) is 42.7 Å². The average Bonchev–Trinajstić information content (AvgIpc) is 3.14. The highest BCUT2D eigenvalue weighted by atomic mass is 16.5. The number of nitrogen functional groups attached to an aromatic ring is 1. The molecule has 0 bridgehead atoms. The van der Waals surface area contributed by atoms with Crippen LogP contribution in [0, 0.1) is 5.41 Å². The molecule has 150 valence electrons. The van der Waals surface area contributed by atoms with Gasteiger partial charge in [-0.25, -0.2) is 0 Å². The lowest BCUT2D eigenvalue weighted by Crippen LogP contribution is -2.16. The Labute approximate surface area is 172 Å². The van der Waals surface area contributed by atoms with E-state index >= 15 is 0 Å². The van der Waals surface area contributed by atoms with Crippen LogP contribution in [0.2, 0.25) is 0 Å². The summed E-state index contributed by atoms with van der Waals surface area (Å²) in [6.07, 6.45) is 1.24. The van der Waals surface area contributed by atoms with E-state index in [0.29, 0.717) is 6.61 Å². The number of fused-ring (bicyclic) bond motifs is 1. The fourth-order valence-electron chi connectivity index (χ4n) is 4.44. The number of esters is 1. The van der Waals surface area contributed by atoms with Gasteiger partial charge in [0.2, 0.25) is 0 Å². The van der Waals surface area contributed by atoms with Crippen LogP contribution in [-0.4, -0.2) is 17.1 Å². The standard InChI is InChI=1S/C25H28N2O2/c1-4-29-22(28)14-20-23(18-10-12-19(26)13-11-18)24(17-8-6-5-7-9-17)21-15-25(2,3)16-27(20)21/h5-13H,4,14-16,26H2,1-3H3. The molecule has 3 aromatic rings. The van der Waals surface area contributed by atoms with Gasteiger partial charge in [-0.15, -0.1) is 0 Å². The molecule has 0 amide bonds. The van der Waals surface area contributed by atoms with Gasteiger partial charge in [-0.2, -0.15) is 0 Å². The van der Waals surface area contributed by atoms with Gasteiger partial charge in [0.15, 0.2) is 0 Å². The number of anilines is 1. The Balaban J connectivity index is 1.98. The highest BCUT2D eigenvalue weighted by molar-refractivity contribution is 5.90. The van der Waals surface area contributed by atoms with Gasteiger partial charge in [0.05, 0.1) is 13.0 Å². The molecule has 4 rings (SSSR count). The predicted molar refractivity (Wildman–Crippen MR) is 118 cm³/mol. The monoisotopic (exact) mass is 388 g/mol. The highest BCUT2D eigenvalue weighted by Crippen LogP contribution is 2.47. The molecule has 2 heterocycles. The second kappa shape index (κ2) is 7.43. The Morgan fingerprint density at radius 3 is 2.34 bits per heavy atom. The summed E-state index contributed by atoms with van der Waals surface area (Å²) >= 11 is 0. The molecule has 4 heteroatoms. The summed E-state index contributed by atoms with van der Waals surface area (Å²) in [5.41, 5.74) is 13.8. The number of hydrogen-bond acceptors (Lipinski definition) is 3. The number of benzene rings is 2. The first-order valence-electron chi connectivity index (χ1n) is 10.2. The van der Waals surface area contributed by atoms with Gasteiger partial charge >= 0.3 is 5.97 Å². The van der Waals surface area contributed by atoms with Crippen molar-refractivity contribution in [2.24, 2.45) is 5.41 Å². The minimum Gasteiger partial charge on any atom is -0.466 e. The lowest BCUT2D eigenvalue weighted by atomic mass is 9.86. The summed E-state index contributed by atoms with van der Waals surface area (Å²) in [5, 5.41) is 0. The number of ether oxygens (including phenoxy) is 1. The number of rotatable bonds is 5. The van der Waals surface area contributed by atoms with Crippen molar-refractivity contribution in [1.82, 2.24) is 4.57 Å². The average molecular weight is 389 g/mol. The van der Waals surface area contributed by atoms with Crippen molar-refractivity contribution >= 4 is 11.7 Å². The van der Waals surface area contributed by atoms with Crippen LogP contribution < -0.4 is 5.73 Å². The van der Waals surface area contributed by atoms with E-state index in [1.807, 2.05) is 37.3 Å². The molecule has 4 nitrogen and oxygen atoms in total. The van der Waals surface area contributed by atoms with Gasteiger partial charge in [-0.1, -0.05) is 56.3 Å². The zero-order chi connectivity index (χ0) is 20.6. The van der Waals surface area contributed by atoms with Crippen LogP contribution in [-0.2, 0) is 28.9 Å². The second-order valence-electron chi connectivity index (χ2n) is 8.54. The van der Waals surface area contributed by atoms with Crippen LogP contribution in [0.4, 0.5) is 5.69 Å². The van der Waals surface area contributed by atoms with Crippen molar-refractivity contribution in [3.8, 4) is 22.3 Å². The van der Waals surface area contributed by atoms with Gasteiger partial charge in [0.25, 0.3) is 0 Å². The van der Waals surface area contributed by atoms with Gasteiger partial charge in [0, 0.05) is 34.7 Å². The minimum absolute atomic E-state index is 0.155. The van der Waals surface area contributed by atoms with Crippen LogP contribution in [0.3, 0.4) is 0 Å². The van der Waals surface area contributed by atoms with E-state index in [1.54, 1.807) is 0 Å². The zero-order valence-corrected chi connectivity index (χ0v) is 17.4. The molecule has 1 aliphatic rings. The van der Waals surface area contributed by atoms with Gasteiger partial charge in [0.1, 0.15) is 0 Å². The Bertz CT molecular complexity index is 1030. The summed E-state index contributed by atoms with van der Waals surface area (Å²) in [6, 6.07) is 18.4. The van der Waals surface area contributed by atoms with E-state index in [0.717, 1.165) is 35.5 Å². The van der Waals surface area contributed by atoms with Crippen LogP contribution in [0.15, 0.2) is 54.6 Å². The van der Waals surface area contributed by atoms with E-state index in [4.69, 9.17) is 10.5 Å². The molecular formula is C25H28N2O2. The lowest BCUT2D eigenvalue weighted by molar-refractivity contribution is -0.142. The number of aromatic nitrogens is 1. The molecular weight excluding hydrogens is 360 g/mol. The summed E-state index contributed by atoms with van der Waals surface area (Å²) in [5.74, 6) is -0.186. The molecule has 0 spiro atoms. The van der Waals surface area contributed by atoms with Crippen molar-refractivity contribution in [2.45, 2.75) is 40.2 Å². The Hall–Kier alpha value is -3.01. The molecule has 1 aliphatic heterocycles. The van der Waals surface area contributed by atoms with E-state index < -0.39 is 0 Å². The van der Waals surface area contributed by atoms with Crippen molar-refractivity contribution in [1.29, 1.82) is 0 Å². The number of carbonyl (C=O) groups is 1. The number of hydrogen-bond donors (Lipinski definition) is 1. The van der Waals surface area contributed by atoms with Gasteiger partial charge < -0.3 is 15.0 Å². The molecule has 0 saturated heterocycles. The Morgan fingerprint density at radius 2 is 1.69 bits per heavy atom. The maximum Gasteiger partial charge on any atom is 0.311 e. The third-order valence-electron chi connectivity index (χ3n) is 5.59. The summed E-state index contributed by atoms with van der Waals surface area (Å²) in [4.78, 5) is 12.5. The van der Waals surface area contributed by atoms with Crippen LogP contribution in [0.5, 0.6) is 0 Å². The summed E-state index contributed by atoms with van der Waals surface area (Å²) in [6.45, 7) is 7.70. The van der Waals surface area contributed by atoms with Crippen LogP contribution >= 0.6 is 0 Å². The first-order chi connectivity index (χ1) is 13.9. The first kappa shape index (κ1) is 19.3. The molecule has 0 fully saturated rings. The van der Waals surface area contributed by atoms with E-state index in [-0.39, 0.29) is 17.8 Å². The SMILES string of the molecule is CCOC(=O)Cc1c(-c2ccc(N)cc2)c(-c2ccccc2)c2n1CC(C)(C)C2. The largest absolute Gasteiger partial charge is 0.466 e. The molecule has 29 heavy (non-hydrogen) atoms. The molecule has 0 atom stereocenters. The van der Waals surface area contributed by atoms with E-state index in [1.165, 1.54) is 16.8 Å². The van der Waals surface area contributed by atoms with Crippen molar-refractivity contribution in [3.63, 3.8) is 0 Å². The smallest absolute Gasteiger partial charge is 0.311 e. The van der Waals surface area contributed by atoms with Crippen molar-refractivity contribution < 1.29 is 9.53 Å². The minimum atomic E-state index is -0.186. The Morgan fingerprint density at radius 1 is 1.03 bits per heavy atom. The molecule has 0 saturated carbocycles. The summed E-state index contributed by atoms with van der Waals surface area (Å²) < 4.78 is 7.66. The van der Waals surface area contributed by atoms with Crippen LogP contribution in [0.25, 0.3) is 22.3 Å². The third-order valence-corrected chi connectivity index (χ3v) is 5.59. The topological polar surface area (TPSA) is 57.2 Å². The number of carbonyl (C=O) groups excluding carboxylic acids is 1. The highest BCUT2D eigenvalue weighted by Gasteiger charge is 2.36. The maximum atomic E-state index is 12.5. The molecule has 2 N–H and O–H groups in total. The molecule has 0 unspecified atom stereocenters. The normalized spacial score (nSPS) is 14.6. The van der Waals surface area contributed by atoms with Crippen LogP contribution in [0.1, 0.15) is 32.2 Å². The first-order valence-corrected chi connectivity index (χ1v) is 10.2. The zero-order valence-electron chi connectivity index (χ0n) is 17.4. The lowest BCUT2D eigenvalue weighted by Gasteiger charge is -2.19.